The summed E-state index contributed by atoms with van der Waals surface area (Å²) in [6, 6.07) is 3.55. The summed E-state index contributed by atoms with van der Waals surface area (Å²) in [6.45, 7) is 3.25. The van der Waals surface area contributed by atoms with Gasteiger partial charge in [0.15, 0.2) is 0 Å². The van der Waals surface area contributed by atoms with Crippen LogP contribution in [0.2, 0.25) is 0 Å². The third kappa shape index (κ3) is 3.27. The number of amides is 2. The van der Waals surface area contributed by atoms with Crippen molar-refractivity contribution >= 4 is 17.6 Å². The molecule has 2 amide bonds. The first kappa shape index (κ1) is 21.3. The SMILES string of the molecule is CC(C)Cn1c2c(c(=O)[nH]c1=O)[C@@](NC(=O)c1ccc(F)cc1)(C(F)(F)F)C(=O)N2. The van der Waals surface area contributed by atoms with Crippen LogP contribution in [0.25, 0.3) is 0 Å². The van der Waals surface area contributed by atoms with Crippen LogP contribution in [0.1, 0.15) is 29.8 Å². The minimum atomic E-state index is -5.44. The summed E-state index contributed by atoms with van der Waals surface area (Å²) in [7, 11) is 0. The number of aromatic nitrogens is 2. The summed E-state index contributed by atoms with van der Waals surface area (Å²) in [5, 5.41) is 3.51. The van der Waals surface area contributed by atoms with Gasteiger partial charge < -0.3 is 10.6 Å². The van der Waals surface area contributed by atoms with Gasteiger partial charge in [0.2, 0.25) is 0 Å². The van der Waals surface area contributed by atoms with Gasteiger partial charge in [0, 0.05) is 12.1 Å². The lowest BCUT2D eigenvalue weighted by Crippen LogP contribution is -2.62. The van der Waals surface area contributed by atoms with Gasteiger partial charge in [-0.2, -0.15) is 13.2 Å². The molecule has 2 aromatic rings. The molecule has 160 valence electrons. The molecule has 0 spiro atoms. The van der Waals surface area contributed by atoms with Crippen molar-refractivity contribution in [3.8, 4) is 0 Å². The molecule has 0 bridgehead atoms. The fraction of sp³-hybridized carbons (Fsp3) is 0.333. The van der Waals surface area contributed by atoms with Gasteiger partial charge in [0.05, 0.1) is 0 Å². The van der Waals surface area contributed by atoms with Crippen molar-refractivity contribution in [2.45, 2.75) is 32.1 Å². The van der Waals surface area contributed by atoms with Gasteiger partial charge >= 0.3 is 11.9 Å². The van der Waals surface area contributed by atoms with Gasteiger partial charge in [-0.05, 0) is 30.2 Å². The molecule has 0 saturated carbocycles. The van der Waals surface area contributed by atoms with Gasteiger partial charge in [-0.3, -0.25) is 23.9 Å². The van der Waals surface area contributed by atoms with Crippen molar-refractivity contribution in [2.24, 2.45) is 5.92 Å². The number of anilines is 1. The second-order valence-corrected chi connectivity index (χ2v) is 7.15. The molecule has 3 N–H and O–H groups in total. The molecule has 1 atom stereocenters. The Hall–Kier alpha value is -3.44. The molecule has 0 saturated heterocycles. The molecule has 3 rings (SSSR count). The average molecular weight is 428 g/mol. The number of hydrogen-bond acceptors (Lipinski definition) is 4. The minimum absolute atomic E-state index is 0.0991. The van der Waals surface area contributed by atoms with Crippen LogP contribution in [0.4, 0.5) is 23.4 Å². The molecule has 2 heterocycles. The molecule has 30 heavy (non-hydrogen) atoms. The quantitative estimate of drug-likeness (QED) is 0.640. The lowest BCUT2D eigenvalue weighted by Gasteiger charge is -2.30. The third-order valence-corrected chi connectivity index (χ3v) is 4.53. The summed E-state index contributed by atoms with van der Waals surface area (Å²) >= 11 is 0. The van der Waals surface area contributed by atoms with E-state index in [1.165, 1.54) is 0 Å². The van der Waals surface area contributed by atoms with E-state index in [4.69, 9.17) is 0 Å². The summed E-state index contributed by atoms with van der Waals surface area (Å²) in [6.07, 6.45) is -5.44. The molecular formula is C18H16F4N4O4. The van der Waals surface area contributed by atoms with Gasteiger partial charge in [0.25, 0.3) is 22.9 Å². The van der Waals surface area contributed by atoms with Crippen LogP contribution in [0, 0.1) is 11.7 Å². The highest BCUT2D eigenvalue weighted by atomic mass is 19.4. The van der Waals surface area contributed by atoms with Crippen molar-refractivity contribution < 1.29 is 27.2 Å². The third-order valence-electron chi connectivity index (χ3n) is 4.53. The first-order chi connectivity index (χ1) is 13.9. The summed E-state index contributed by atoms with van der Waals surface area (Å²) < 4.78 is 56.4. The number of rotatable bonds is 4. The van der Waals surface area contributed by atoms with E-state index in [1.54, 1.807) is 24.1 Å². The second-order valence-electron chi connectivity index (χ2n) is 7.15. The molecule has 12 heteroatoms. The van der Waals surface area contributed by atoms with Crippen LogP contribution < -0.4 is 21.9 Å². The maximum Gasteiger partial charge on any atom is 0.425 e. The number of benzene rings is 1. The number of carbonyl (C=O) groups is 2. The maximum atomic E-state index is 14.2. The second kappa shape index (κ2) is 7.11. The Morgan fingerprint density at radius 3 is 2.30 bits per heavy atom. The van der Waals surface area contributed by atoms with Crippen molar-refractivity contribution in [3.63, 3.8) is 0 Å². The largest absolute Gasteiger partial charge is 0.425 e. The van der Waals surface area contributed by atoms with Crippen LogP contribution in [-0.4, -0.2) is 27.5 Å². The first-order valence-corrected chi connectivity index (χ1v) is 8.72. The molecule has 1 aliphatic rings. The van der Waals surface area contributed by atoms with Gasteiger partial charge in [-0.1, -0.05) is 13.8 Å². The number of carbonyl (C=O) groups excluding carboxylic acids is 2. The highest BCUT2D eigenvalue weighted by Crippen LogP contribution is 2.45. The molecule has 0 radical (unpaired) electrons. The van der Waals surface area contributed by atoms with E-state index in [9.17, 15) is 36.7 Å². The van der Waals surface area contributed by atoms with Crippen LogP contribution in [0.15, 0.2) is 33.9 Å². The topological polar surface area (TPSA) is 113 Å². The zero-order chi connectivity index (χ0) is 22.4. The zero-order valence-electron chi connectivity index (χ0n) is 15.7. The predicted octanol–water partition coefficient (Wildman–Crippen LogP) is 1.47. The summed E-state index contributed by atoms with van der Waals surface area (Å²) in [4.78, 5) is 51.3. The van der Waals surface area contributed by atoms with Crippen LogP contribution in [0.5, 0.6) is 0 Å². The van der Waals surface area contributed by atoms with E-state index in [0.717, 1.165) is 28.8 Å². The molecule has 1 aromatic heterocycles. The summed E-state index contributed by atoms with van der Waals surface area (Å²) in [5.41, 5.74) is -7.72. The van der Waals surface area contributed by atoms with E-state index < -0.39 is 52.0 Å². The molecule has 1 aromatic carbocycles. The monoisotopic (exact) mass is 428 g/mol. The summed E-state index contributed by atoms with van der Waals surface area (Å²) in [5.74, 6) is -4.69. The Bertz CT molecular complexity index is 1130. The molecule has 0 aliphatic carbocycles. The van der Waals surface area contributed by atoms with Crippen molar-refractivity contribution in [2.75, 3.05) is 5.32 Å². The molecular weight excluding hydrogens is 412 g/mol. The number of nitrogens with one attached hydrogen (secondary N) is 3. The number of fused-ring (bicyclic) bond motifs is 1. The van der Waals surface area contributed by atoms with E-state index in [1.807, 2.05) is 5.32 Å². The lowest BCUT2D eigenvalue weighted by molar-refractivity contribution is -0.196. The van der Waals surface area contributed by atoms with Gasteiger partial charge in [-0.15, -0.1) is 0 Å². The highest BCUT2D eigenvalue weighted by molar-refractivity contribution is 6.09. The van der Waals surface area contributed by atoms with Crippen LogP contribution >= 0.6 is 0 Å². The van der Waals surface area contributed by atoms with E-state index in [-0.39, 0.29) is 18.0 Å². The molecule has 8 nitrogen and oxygen atoms in total. The van der Waals surface area contributed by atoms with Crippen molar-refractivity contribution in [3.05, 3.63) is 62.0 Å². The molecule has 0 unspecified atom stereocenters. The minimum Gasteiger partial charge on any atom is -0.326 e. The smallest absolute Gasteiger partial charge is 0.326 e. The lowest BCUT2D eigenvalue weighted by atomic mass is 9.91. The van der Waals surface area contributed by atoms with Crippen LogP contribution in [0.3, 0.4) is 0 Å². The number of hydrogen-bond donors (Lipinski definition) is 3. The van der Waals surface area contributed by atoms with E-state index in [0.29, 0.717) is 0 Å². The van der Waals surface area contributed by atoms with E-state index >= 15 is 0 Å². The van der Waals surface area contributed by atoms with Gasteiger partial charge in [0.1, 0.15) is 17.2 Å². The standard InChI is InChI=1S/C18H16F4N4O4/c1-8(2)7-26-12-11(14(28)24-16(26)30)17(15(29)23-12,18(20,21)22)25-13(27)9-3-5-10(19)6-4-9/h3-6,8H,7H2,1-2H3,(H,23,29)(H,25,27)(H,24,28,30)/t17-/m0/s1. The number of alkyl halides is 3. The number of aromatic amines is 1. The predicted molar refractivity (Wildman–Crippen MR) is 96.4 cm³/mol. The number of nitrogens with zero attached hydrogens (tertiary/aromatic N) is 1. The Morgan fingerprint density at radius 1 is 1.17 bits per heavy atom. The van der Waals surface area contributed by atoms with E-state index in [2.05, 4.69) is 0 Å². The van der Waals surface area contributed by atoms with Crippen molar-refractivity contribution in [1.29, 1.82) is 0 Å². The Balaban J connectivity index is 2.23. The Kier molecular flexibility index (Phi) is 5.04. The van der Waals surface area contributed by atoms with Crippen molar-refractivity contribution in [1.82, 2.24) is 14.9 Å². The average Bonchev–Trinajstić information content (AvgIpc) is 2.92. The molecule has 0 fully saturated rings. The Morgan fingerprint density at radius 2 is 1.77 bits per heavy atom. The zero-order valence-corrected chi connectivity index (χ0v) is 15.7. The Labute approximate surface area is 165 Å². The normalized spacial score (nSPS) is 18.3. The fourth-order valence-corrected chi connectivity index (χ4v) is 3.21. The molecule has 1 aliphatic heterocycles. The highest BCUT2D eigenvalue weighted by Gasteiger charge is 2.68. The maximum absolute atomic E-state index is 14.2. The van der Waals surface area contributed by atoms with Crippen LogP contribution in [-0.2, 0) is 16.9 Å². The van der Waals surface area contributed by atoms with Gasteiger partial charge in [-0.25, -0.2) is 9.18 Å². The first-order valence-electron chi connectivity index (χ1n) is 8.72. The number of halogens is 4. The fourth-order valence-electron chi connectivity index (χ4n) is 3.21. The number of H-pyrrole nitrogens is 1.